The molecule has 0 aromatic carbocycles. The van der Waals surface area contributed by atoms with Crippen LogP contribution >= 0.6 is 11.6 Å². The number of halogens is 1. The number of hydrogen-bond acceptors (Lipinski definition) is 2. The molecule has 2 N–H and O–H groups in total. The van der Waals surface area contributed by atoms with E-state index in [9.17, 15) is 0 Å². The van der Waals surface area contributed by atoms with Crippen LogP contribution in [-0.2, 0) is 13.0 Å². The third-order valence-electron chi connectivity index (χ3n) is 4.44. The van der Waals surface area contributed by atoms with Crippen molar-refractivity contribution in [2.45, 2.75) is 59.4 Å². The van der Waals surface area contributed by atoms with Crippen LogP contribution in [0, 0.1) is 11.3 Å². The van der Waals surface area contributed by atoms with Crippen LogP contribution in [0.2, 0.25) is 5.15 Å². The Morgan fingerprint density at radius 1 is 1.42 bits per heavy atom. The normalized spacial score (nSPS) is 17.1. The zero-order valence-electron chi connectivity index (χ0n) is 12.4. The second-order valence-electron chi connectivity index (χ2n) is 6.18. The number of unbranched alkanes of at least 4 members (excludes halogenated alkanes) is 1. The van der Waals surface area contributed by atoms with Crippen molar-refractivity contribution >= 4 is 11.6 Å². The summed E-state index contributed by atoms with van der Waals surface area (Å²) in [6.07, 6.45) is 6.05. The molecule has 1 aromatic rings. The summed E-state index contributed by atoms with van der Waals surface area (Å²) < 4.78 is 0. The van der Waals surface area contributed by atoms with Crippen LogP contribution in [0.3, 0.4) is 0 Å². The number of H-pyrrole nitrogens is 1. The highest BCUT2D eigenvalue weighted by Gasteiger charge is 2.44. The minimum absolute atomic E-state index is 0.539. The van der Waals surface area contributed by atoms with Crippen LogP contribution in [-0.4, -0.2) is 16.5 Å². The molecule has 4 heteroatoms. The highest BCUT2D eigenvalue weighted by atomic mass is 35.5. The third kappa shape index (κ3) is 3.73. The van der Waals surface area contributed by atoms with E-state index in [1.54, 1.807) is 0 Å². The molecule has 1 saturated carbocycles. The monoisotopic (exact) mass is 283 g/mol. The Morgan fingerprint density at radius 2 is 2.16 bits per heavy atom. The lowest BCUT2D eigenvalue weighted by atomic mass is 9.92. The third-order valence-corrected chi connectivity index (χ3v) is 4.75. The predicted molar refractivity (Wildman–Crippen MR) is 80.4 cm³/mol. The van der Waals surface area contributed by atoms with Crippen molar-refractivity contribution in [1.82, 2.24) is 15.3 Å². The molecule has 0 unspecified atom stereocenters. The standard InChI is InChI=1S/C15H26ClN3/c1-4-5-6-13-18-12(14(16)19-13)9-17-10-15(7-8-15)11(2)3/h11,17H,4-10H2,1-3H3,(H,18,19). The van der Waals surface area contributed by atoms with Gasteiger partial charge >= 0.3 is 0 Å². The molecule has 0 atom stereocenters. The van der Waals surface area contributed by atoms with Crippen molar-refractivity contribution in [2.75, 3.05) is 6.54 Å². The molecule has 0 spiro atoms. The SMILES string of the molecule is CCCCc1nc(Cl)c(CNCC2(C(C)C)CC2)[nH]1. The van der Waals surface area contributed by atoms with Gasteiger partial charge in [-0.05, 0) is 30.6 Å². The van der Waals surface area contributed by atoms with Crippen molar-refractivity contribution in [1.29, 1.82) is 0 Å². The van der Waals surface area contributed by atoms with Crippen LogP contribution in [0.25, 0.3) is 0 Å². The Kier molecular flexibility index (Phi) is 4.91. The Morgan fingerprint density at radius 3 is 2.74 bits per heavy atom. The van der Waals surface area contributed by atoms with Gasteiger partial charge in [0.25, 0.3) is 0 Å². The summed E-state index contributed by atoms with van der Waals surface area (Å²) >= 11 is 6.17. The van der Waals surface area contributed by atoms with Gasteiger partial charge in [-0.15, -0.1) is 0 Å². The van der Waals surface area contributed by atoms with Crippen molar-refractivity contribution in [3.8, 4) is 0 Å². The minimum atomic E-state index is 0.539. The topological polar surface area (TPSA) is 40.7 Å². The highest BCUT2D eigenvalue weighted by Crippen LogP contribution is 2.51. The maximum absolute atomic E-state index is 6.17. The van der Waals surface area contributed by atoms with E-state index in [4.69, 9.17) is 11.6 Å². The summed E-state index contributed by atoms with van der Waals surface area (Å²) in [6.45, 7) is 8.71. The van der Waals surface area contributed by atoms with Crippen molar-refractivity contribution in [3.63, 3.8) is 0 Å². The number of imidazole rings is 1. The van der Waals surface area contributed by atoms with E-state index < -0.39 is 0 Å². The molecule has 0 saturated heterocycles. The maximum Gasteiger partial charge on any atom is 0.151 e. The van der Waals surface area contributed by atoms with Gasteiger partial charge in [-0.3, -0.25) is 0 Å². The van der Waals surface area contributed by atoms with Gasteiger partial charge in [-0.1, -0.05) is 38.8 Å². The van der Waals surface area contributed by atoms with Crippen LogP contribution in [0.15, 0.2) is 0 Å². The molecule has 19 heavy (non-hydrogen) atoms. The summed E-state index contributed by atoms with van der Waals surface area (Å²) in [5, 5.41) is 4.17. The molecule has 1 heterocycles. The second kappa shape index (κ2) is 6.27. The fourth-order valence-corrected chi connectivity index (χ4v) is 2.79. The molecule has 0 radical (unpaired) electrons. The minimum Gasteiger partial charge on any atom is -0.344 e. The number of aryl methyl sites for hydroxylation is 1. The zero-order valence-corrected chi connectivity index (χ0v) is 13.1. The predicted octanol–water partition coefficient (Wildman–Crippen LogP) is 3.93. The second-order valence-corrected chi connectivity index (χ2v) is 6.54. The van der Waals surface area contributed by atoms with E-state index in [2.05, 4.69) is 36.1 Å². The van der Waals surface area contributed by atoms with E-state index in [0.29, 0.717) is 10.6 Å². The number of rotatable bonds is 8. The van der Waals surface area contributed by atoms with Gasteiger partial charge in [0.05, 0.1) is 5.69 Å². The van der Waals surface area contributed by atoms with Gasteiger partial charge < -0.3 is 10.3 Å². The first kappa shape index (κ1) is 14.9. The molecule has 1 aromatic heterocycles. The van der Waals surface area contributed by atoms with E-state index in [-0.39, 0.29) is 0 Å². The number of nitrogens with zero attached hydrogens (tertiary/aromatic N) is 1. The van der Waals surface area contributed by atoms with Crippen LogP contribution < -0.4 is 5.32 Å². The Balaban J connectivity index is 1.81. The Bertz CT molecular complexity index is 408. The first-order valence-corrected chi connectivity index (χ1v) is 7.89. The molecule has 1 aliphatic rings. The Hall–Kier alpha value is -0.540. The Labute approximate surface area is 121 Å². The molecule has 1 aliphatic carbocycles. The highest BCUT2D eigenvalue weighted by molar-refractivity contribution is 6.30. The molecule has 1 fully saturated rings. The summed E-state index contributed by atoms with van der Waals surface area (Å²) in [5.41, 5.74) is 1.57. The quantitative estimate of drug-likeness (QED) is 0.759. The smallest absolute Gasteiger partial charge is 0.151 e. The lowest BCUT2D eigenvalue weighted by Gasteiger charge is -2.19. The molecule has 0 aliphatic heterocycles. The van der Waals surface area contributed by atoms with Crippen LogP contribution in [0.1, 0.15) is 58.0 Å². The van der Waals surface area contributed by atoms with E-state index in [1.807, 2.05) is 0 Å². The summed E-state index contributed by atoms with van der Waals surface area (Å²) in [7, 11) is 0. The van der Waals surface area contributed by atoms with Gasteiger partial charge in [-0.25, -0.2) is 4.98 Å². The van der Waals surface area contributed by atoms with Crippen LogP contribution in [0.4, 0.5) is 0 Å². The number of hydrogen-bond donors (Lipinski definition) is 2. The van der Waals surface area contributed by atoms with Gasteiger partial charge in [-0.2, -0.15) is 0 Å². The van der Waals surface area contributed by atoms with Gasteiger partial charge in [0.2, 0.25) is 0 Å². The lowest BCUT2D eigenvalue weighted by Crippen LogP contribution is -2.27. The molecule has 108 valence electrons. The van der Waals surface area contributed by atoms with Crippen LogP contribution in [0.5, 0.6) is 0 Å². The fraction of sp³-hybridized carbons (Fsp3) is 0.800. The number of nitrogens with one attached hydrogen (secondary N) is 2. The summed E-state index contributed by atoms with van der Waals surface area (Å²) in [4.78, 5) is 7.73. The first-order valence-electron chi connectivity index (χ1n) is 7.51. The first-order chi connectivity index (χ1) is 9.07. The van der Waals surface area contributed by atoms with Crippen molar-refractivity contribution in [3.05, 3.63) is 16.7 Å². The average molecular weight is 284 g/mol. The van der Waals surface area contributed by atoms with Crippen molar-refractivity contribution < 1.29 is 0 Å². The molecular weight excluding hydrogens is 258 g/mol. The molecule has 0 bridgehead atoms. The average Bonchev–Trinajstić information content (AvgIpc) is 3.08. The molecular formula is C15H26ClN3. The molecule has 0 amide bonds. The van der Waals surface area contributed by atoms with Gasteiger partial charge in [0, 0.05) is 19.5 Å². The van der Waals surface area contributed by atoms with E-state index in [1.165, 1.54) is 19.3 Å². The zero-order chi connectivity index (χ0) is 13.9. The summed E-state index contributed by atoms with van der Waals surface area (Å²) in [5.74, 6) is 1.78. The molecule has 3 nitrogen and oxygen atoms in total. The van der Waals surface area contributed by atoms with E-state index >= 15 is 0 Å². The molecule has 2 rings (SSSR count). The fourth-order valence-electron chi connectivity index (χ4n) is 2.57. The summed E-state index contributed by atoms with van der Waals surface area (Å²) in [6, 6.07) is 0. The van der Waals surface area contributed by atoms with Gasteiger partial charge in [0.1, 0.15) is 5.82 Å². The van der Waals surface area contributed by atoms with E-state index in [0.717, 1.165) is 43.4 Å². The van der Waals surface area contributed by atoms with Crippen molar-refractivity contribution in [2.24, 2.45) is 11.3 Å². The number of aromatic amines is 1. The van der Waals surface area contributed by atoms with Gasteiger partial charge in [0.15, 0.2) is 5.15 Å². The maximum atomic E-state index is 6.17. The largest absolute Gasteiger partial charge is 0.344 e. The number of aromatic nitrogens is 2. The lowest BCUT2D eigenvalue weighted by molar-refractivity contribution is 0.337.